The van der Waals surface area contributed by atoms with E-state index in [1.165, 1.54) is 23.7 Å². The van der Waals surface area contributed by atoms with E-state index in [9.17, 15) is 14.0 Å². The number of rotatable bonds is 7. The van der Waals surface area contributed by atoms with E-state index in [1.807, 2.05) is 61.5 Å². The molecule has 40 heavy (non-hydrogen) atoms. The van der Waals surface area contributed by atoms with Crippen LogP contribution in [-0.4, -0.2) is 28.8 Å². The van der Waals surface area contributed by atoms with Gasteiger partial charge in [-0.25, -0.2) is 4.39 Å². The molecule has 5 aromatic rings. The first kappa shape index (κ1) is 26.4. The number of carbonyl (C=O) groups is 2. The molecule has 0 spiro atoms. The summed E-state index contributed by atoms with van der Waals surface area (Å²) in [7, 11) is 1.59. The molecule has 1 N–H and O–H groups in total. The minimum atomic E-state index is -0.534. The van der Waals surface area contributed by atoms with E-state index in [2.05, 4.69) is 5.32 Å². The van der Waals surface area contributed by atoms with E-state index in [-0.39, 0.29) is 11.8 Å². The van der Waals surface area contributed by atoms with Gasteiger partial charge in [-0.2, -0.15) is 9.78 Å². The van der Waals surface area contributed by atoms with Gasteiger partial charge in [0.05, 0.1) is 18.4 Å². The third-order valence-electron chi connectivity index (χ3n) is 6.34. The zero-order valence-corrected chi connectivity index (χ0v) is 22.1. The van der Waals surface area contributed by atoms with Crippen molar-refractivity contribution in [2.75, 3.05) is 12.4 Å². The van der Waals surface area contributed by atoms with Crippen molar-refractivity contribution in [3.05, 3.63) is 114 Å². The van der Waals surface area contributed by atoms with Crippen molar-refractivity contribution in [3.8, 4) is 39.7 Å². The summed E-state index contributed by atoms with van der Waals surface area (Å²) in [5, 5.41) is 7.72. The molecular weight excluding hydrogens is 509 g/mol. The Kier molecular flexibility index (Phi) is 7.41. The number of ether oxygens (including phenoxy) is 2. The Morgan fingerprint density at radius 1 is 0.850 bits per heavy atom. The van der Waals surface area contributed by atoms with Gasteiger partial charge in [0.15, 0.2) is 0 Å². The van der Waals surface area contributed by atoms with Crippen LogP contribution in [0.4, 0.5) is 10.1 Å². The van der Waals surface area contributed by atoms with Gasteiger partial charge in [-0.15, -0.1) is 0 Å². The Balaban J connectivity index is 1.61. The molecule has 0 aliphatic carbocycles. The van der Waals surface area contributed by atoms with Gasteiger partial charge in [0.1, 0.15) is 17.3 Å². The van der Waals surface area contributed by atoms with Gasteiger partial charge in [-0.1, -0.05) is 30.3 Å². The lowest BCUT2D eigenvalue weighted by Crippen LogP contribution is -2.13. The summed E-state index contributed by atoms with van der Waals surface area (Å²) in [4.78, 5) is 25.0. The molecule has 0 unspecified atom stereocenters. The maximum Gasteiger partial charge on any atom is 0.309 e. The van der Waals surface area contributed by atoms with Crippen molar-refractivity contribution >= 4 is 17.6 Å². The van der Waals surface area contributed by atoms with Crippen molar-refractivity contribution in [2.45, 2.75) is 13.8 Å². The number of halogens is 1. The first-order valence-electron chi connectivity index (χ1n) is 12.5. The van der Waals surface area contributed by atoms with Gasteiger partial charge >= 0.3 is 5.97 Å². The number of benzene rings is 4. The number of hydrogen-bond acceptors (Lipinski definition) is 5. The number of nitrogens with one attached hydrogen (secondary N) is 1. The molecule has 5 rings (SSSR count). The fourth-order valence-electron chi connectivity index (χ4n) is 4.35. The molecule has 1 heterocycles. The van der Waals surface area contributed by atoms with Gasteiger partial charge < -0.3 is 14.8 Å². The lowest BCUT2D eigenvalue weighted by atomic mass is 10.0. The monoisotopic (exact) mass is 535 g/mol. The lowest BCUT2D eigenvalue weighted by molar-refractivity contribution is -0.132. The zero-order valence-electron chi connectivity index (χ0n) is 22.1. The summed E-state index contributed by atoms with van der Waals surface area (Å²) in [6.45, 7) is 3.19. The molecule has 7 nitrogen and oxygen atoms in total. The van der Waals surface area contributed by atoms with E-state index in [4.69, 9.17) is 14.6 Å². The highest BCUT2D eigenvalue weighted by Crippen LogP contribution is 2.41. The molecular formula is C32H26FN3O4. The number of nitrogens with zero attached hydrogens (tertiary/aromatic N) is 2. The third-order valence-corrected chi connectivity index (χ3v) is 6.34. The number of anilines is 1. The second-order valence-electron chi connectivity index (χ2n) is 9.09. The molecule has 200 valence electrons. The number of aromatic nitrogens is 2. The molecule has 0 bridgehead atoms. The highest BCUT2D eigenvalue weighted by molar-refractivity contribution is 6.05. The fraction of sp³-hybridized carbons (Fsp3) is 0.0938. The quantitative estimate of drug-likeness (QED) is 0.231. The van der Waals surface area contributed by atoms with E-state index >= 15 is 0 Å². The summed E-state index contributed by atoms with van der Waals surface area (Å²) in [6, 6.07) is 27.6. The predicted molar refractivity (Wildman–Crippen MR) is 151 cm³/mol. The number of methoxy groups -OCH3 is 1. The highest BCUT2D eigenvalue weighted by atomic mass is 19.1. The average Bonchev–Trinajstić information content (AvgIpc) is 3.32. The number of esters is 1. The van der Waals surface area contributed by atoms with Gasteiger partial charge in [0.2, 0.25) is 5.88 Å². The third kappa shape index (κ3) is 5.47. The number of amides is 1. The summed E-state index contributed by atoms with van der Waals surface area (Å²) in [5.41, 5.74) is 5.13. The molecule has 0 radical (unpaired) electrons. The Labute approximate surface area is 230 Å². The lowest BCUT2D eigenvalue weighted by Gasteiger charge is -2.11. The van der Waals surface area contributed by atoms with Crippen LogP contribution in [0.3, 0.4) is 0 Å². The smallest absolute Gasteiger partial charge is 0.309 e. The van der Waals surface area contributed by atoms with Crippen LogP contribution in [-0.2, 0) is 4.79 Å². The Hall–Kier alpha value is -5.24. The Morgan fingerprint density at radius 2 is 1.50 bits per heavy atom. The van der Waals surface area contributed by atoms with Crippen LogP contribution in [0.1, 0.15) is 22.8 Å². The van der Waals surface area contributed by atoms with E-state index in [0.29, 0.717) is 39.5 Å². The minimum Gasteiger partial charge on any atom is -0.497 e. The van der Waals surface area contributed by atoms with E-state index < -0.39 is 11.8 Å². The molecule has 4 aromatic carbocycles. The molecule has 0 atom stereocenters. The van der Waals surface area contributed by atoms with Crippen LogP contribution in [0.5, 0.6) is 11.6 Å². The van der Waals surface area contributed by atoms with Crippen molar-refractivity contribution in [1.29, 1.82) is 0 Å². The maximum atomic E-state index is 13.7. The fourth-order valence-corrected chi connectivity index (χ4v) is 4.35. The second kappa shape index (κ2) is 11.2. The molecule has 0 saturated carbocycles. The van der Waals surface area contributed by atoms with Gasteiger partial charge in [-0.05, 0) is 84.8 Å². The normalized spacial score (nSPS) is 10.7. The Bertz CT molecular complexity index is 1680. The molecule has 0 fully saturated rings. The van der Waals surface area contributed by atoms with Gasteiger partial charge in [0, 0.05) is 23.7 Å². The van der Waals surface area contributed by atoms with E-state index in [1.54, 1.807) is 37.4 Å². The van der Waals surface area contributed by atoms with Crippen LogP contribution in [0.25, 0.3) is 28.1 Å². The van der Waals surface area contributed by atoms with Crippen molar-refractivity contribution in [1.82, 2.24) is 9.78 Å². The van der Waals surface area contributed by atoms with Crippen LogP contribution < -0.4 is 14.8 Å². The molecule has 1 aromatic heterocycles. The standard InChI is InChI=1S/C32H26FN3O4/c1-20-6-4-5-7-28(20)31(38)34-25-14-8-22(9-15-25)29-30(23-10-18-27(39-3)19-11-23)35-36(32(29)40-21(2)37)26-16-12-24(33)13-17-26/h4-19H,1-3H3,(H,34,38). The van der Waals surface area contributed by atoms with Crippen LogP contribution in [0.2, 0.25) is 0 Å². The predicted octanol–water partition coefficient (Wildman–Crippen LogP) is 6.84. The number of carbonyl (C=O) groups excluding carboxylic acids is 2. The van der Waals surface area contributed by atoms with Crippen molar-refractivity contribution in [3.63, 3.8) is 0 Å². The minimum absolute atomic E-state index is 0.182. The number of hydrogen-bond donors (Lipinski definition) is 1. The number of aryl methyl sites for hydroxylation is 1. The van der Waals surface area contributed by atoms with Crippen molar-refractivity contribution in [2.24, 2.45) is 0 Å². The first-order chi connectivity index (χ1) is 19.3. The van der Waals surface area contributed by atoms with Crippen LogP contribution in [0, 0.1) is 12.7 Å². The largest absolute Gasteiger partial charge is 0.497 e. The van der Waals surface area contributed by atoms with Gasteiger partial charge in [0.25, 0.3) is 5.91 Å². The molecule has 0 aliphatic rings. The first-order valence-corrected chi connectivity index (χ1v) is 12.5. The Morgan fingerprint density at radius 3 is 2.12 bits per heavy atom. The summed E-state index contributed by atoms with van der Waals surface area (Å²) in [5.74, 6) is -0.287. The van der Waals surface area contributed by atoms with E-state index in [0.717, 1.165) is 11.1 Å². The topological polar surface area (TPSA) is 82.4 Å². The molecule has 8 heteroatoms. The summed E-state index contributed by atoms with van der Waals surface area (Å²) < 4.78 is 26.2. The van der Waals surface area contributed by atoms with Crippen molar-refractivity contribution < 1.29 is 23.5 Å². The average molecular weight is 536 g/mol. The summed E-state index contributed by atoms with van der Waals surface area (Å²) in [6.07, 6.45) is 0. The molecule has 1 amide bonds. The summed E-state index contributed by atoms with van der Waals surface area (Å²) >= 11 is 0. The second-order valence-corrected chi connectivity index (χ2v) is 9.09. The maximum absolute atomic E-state index is 13.7. The highest BCUT2D eigenvalue weighted by Gasteiger charge is 2.25. The van der Waals surface area contributed by atoms with Gasteiger partial charge in [-0.3, -0.25) is 9.59 Å². The molecule has 0 saturated heterocycles. The zero-order chi connectivity index (χ0) is 28.2. The molecule has 0 aliphatic heterocycles. The SMILES string of the molecule is COc1ccc(-c2nn(-c3ccc(F)cc3)c(OC(C)=O)c2-c2ccc(NC(=O)c3ccccc3C)cc2)cc1. The van der Waals surface area contributed by atoms with Crippen LogP contribution >= 0.6 is 0 Å². The van der Waals surface area contributed by atoms with Crippen LogP contribution in [0.15, 0.2) is 97.1 Å².